The Morgan fingerprint density at radius 2 is 2.19 bits per heavy atom. The fourth-order valence-electron chi connectivity index (χ4n) is 3.95. The number of unbranched alkanes of at least 4 members (excludes halogenated alkanes) is 3. The lowest BCUT2D eigenvalue weighted by Gasteiger charge is -2.16. The molecular weight excluding hydrogens is 332 g/mol. The summed E-state index contributed by atoms with van der Waals surface area (Å²) < 4.78 is 10.6. The molecular formula is C21H34O5. The molecule has 5 heteroatoms. The molecule has 26 heavy (non-hydrogen) atoms. The minimum Gasteiger partial charge on any atom is -0.495 e. The van der Waals surface area contributed by atoms with Crippen molar-refractivity contribution >= 4 is 5.97 Å². The van der Waals surface area contributed by atoms with Crippen LogP contribution in [0.4, 0.5) is 0 Å². The average molecular weight is 366 g/mol. The summed E-state index contributed by atoms with van der Waals surface area (Å²) in [6.07, 6.45) is 12.7. The SMILES string of the molecule is CCCCC[C@H](O)/C=C\[C@H]1[C@@H]2C/C(=C\CCCC(=O)OC)O[C@@H]2C[C@@H]1O. The summed E-state index contributed by atoms with van der Waals surface area (Å²) in [6, 6.07) is 0. The van der Waals surface area contributed by atoms with Gasteiger partial charge in [0.1, 0.15) is 6.10 Å². The molecule has 2 N–H and O–H groups in total. The van der Waals surface area contributed by atoms with Crippen LogP contribution < -0.4 is 0 Å². The molecule has 2 fully saturated rings. The van der Waals surface area contributed by atoms with E-state index in [-0.39, 0.29) is 23.9 Å². The molecule has 0 unspecified atom stereocenters. The monoisotopic (exact) mass is 366 g/mol. The third-order valence-electron chi connectivity index (χ3n) is 5.47. The second-order valence-corrected chi connectivity index (χ2v) is 7.49. The molecule has 0 aromatic carbocycles. The first kappa shape index (κ1) is 21.0. The van der Waals surface area contributed by atoms with Gasteiger partial charge in [-0.3, -0.25) is 4.79 Å². The fraction of sp³-hybridized carbons (Fsp3) is 0.762. The van der Waals surface area contributed by atoms with Gasteiger partial charge in [-0.25, -0.2) is 0 Å². The molecule has 148 valence electrons. The molecule has 0 bridgehead atoms. The van der Waals surface area contributed by atoms with Gasteiger partial charge < -0.3 is 19.7 Å². The normalized spacial score (nSPS) is 30.5. The van der Waals surface area contributed by atoms with Gasteiger partial charge in [-0.1, -0.05) is 38.3 Å². The number of ether oxygens (including phenoxy) is 2. The largest absolute Gasteiger partial charge is 0.495 e. The molecule has 1 saturated carbocycles. The van der Waals surface area contributed by atoms with E-state index in [0.29, 0.717) is 12.8 Å². The second-order valence-electron chi connectivity index (χ2n) is 7.49. The highest BCUT2D eigenvalue weighted by Crippen LogP contribution is 2.45. The number of carbonyl (C=O) groups is 1. The van der Waals surface area contributed by atoms with Gasteiger partial charge in [0.25, 0.3) is 0 Å². The molecule has 1 heterocycles. The third kappa shape index (κ3) is 6.13. The molecule has 2 rings (SSSR count). The summed E-state index contributed by atoms with van der Waals surface area (Å²) in [6.45, 7) is 2.15. The number of esters is 1. The number of methoxy groups -OCH3 is 1. The number of aliphatic hydroxyl groups excluding tert-OH is 2. The molecule has 5 atom stereocenters. The number of fused-ring (bicyclic) bond motifs is 1. The number of hydrogen-bond donors (Lipinski definition) is 2. The van der Waals surface area contributed by atoms with Crippen molar-refractivity contribution in [3.05, 3.63) is 24.0 Å². The summed E-state index contributed by atoms with van der Waals surface area (Å²) in [4.78, 5) is 11.1. The van der Waals surface area contributed by atoms with E-state index in [2.05, 4.69) is 17.7 Å². The first-order valence-electron chi connectivity index (χ1n) is 10.0. The van der Waals surface area contributed by atoms with Crippen LogP contribution in [0.5, 0.6) is 0 Å². The van der Waals surface area contributed by atoms with Crippen LogP contribution in [0.25, 0.3) is 0 Å². The third-order valence-corrected chi connectivity index (χ3v) is 5.47. The van der Waals surface area contributed by atoms with E-state index in [1.807, 2.05) is 12.2 Å². The number of aliphatic hydroxyl groups is 2. The highest BCUT2D eigenvalue weighted by atomic mass is 16.5. The van der Waals surface area contributed by atoms with Gasteiger partial charge >= 0.3 is 5.97 Å². The predicted octanol–water partition coefficient (Wildman–Crippen LogP) is 3.50. The maximum Gasteiger partial charge on any atom is 0.305 e. The Morgan fingerprint density at radius 3 is 2.92 bits per heavy atom. The maximum absolute atomic E-state index is 11.1. The summed E-state index contributed by atoms with van der Waals surface area (Å²) in [5, 5.41) is 20.4. The van der Waals surface area contributed by atoms with E-state index in [9.17, 15) is 15.0 Å². The Morgan fingerprint density at radius 1 is 1.38 bits per heavy atom. The maximum atomic E-state index is 11.1. The zero-order valence-corrected chi connectivity index (χ0v) is 16.1. The van der Waals surface area contributed by atoms with Gasteiger partial charge in [-0.05, 0) is 25.3 Å². The Kier molecular flexibility index (Phi) is 8.66. The Hall–Kier alpha value is -1.33. The molecule has 1 saturated heterocycles. The number of carbonyl (C=O) groups excluding carboxylic acids is 1. The topological polar surface area (TPSA) is 76.0 Å². The highest BCUT2D eigenvalue weighted by Gasteiger charge is 2.46. The lowest BCUT2D eigenvalue weighted by atomic mass is 9.90. The number of rotatable bonds is 10. The summed E-state index contributed by atoms with van der Waals surface area (Å²) in [7, 11) is 1.40. The Balaban J connectivity index is 1.81. The van der Waals surface area contributed by atoms with Crippen molar-refractivity contribution in [2.45, 2.75) is 83.0 Å². The van der Waals surface area contributed by atoms with E-state index >= 15 is 0 Å². The Bertz CT molecular complexity index is 499. The summed E-state index contributed by atoms with van der Waals surface area (Å²) in [5.41, 5.74) is 0. The molecule has 5 nitrogen and oxygen atoms in total. The van der Waals surface area contributed by atoms with E-state index < -0.39 is 12.2 Å². The van der Waals surface area contributed by atoms with Gasteiger partial charge in [0, 0.05) is 31.1 Å². The number of allylic oxidation sites excluding steroid dienone is 2. The van der Waals surface area contributed by atoms with Gasteiger partial charge in [0.15, 0.2) is 0 Å². The van der Waals surface area contributed by atoms with Gasteiger partial charge in [0.05, 0.1) is 25.1 Å². The second kappa shape index (κ2) is 10.7. The first-order valence-corrected chi connectivity index (χ1v) is 10.0. The standard InChI is InChI=1S/C21H34O5/c1-3-4-5-8-15(22)11-12-17-18-13-16(26-20(18)14-19(17)23)9-6-7-10-21(24)25-2/h9,11-12,15,17-20,22-23H,3-8,10,13-14H2,1-2H3/b12-11-,16-9+/t15-,17-,18-,19-,20+/m0/s1. The van der Waals surface area contributed by atoms with Crippen LogP contribution in [0.2, 0.25) is 0 Å². The van der Waals surface area contributed by atoms with Crippen molar-refractivity contribution in [1.82, 2.24) is 0 Å². The van der Waals surface area contributed by atoms with Crippen LogP contribution in [0.15, 0.2) is 24.0 Å². The molecule has 0 amide bonds. The van der Waals surface area contributed by atoms with Crippen LogP contribution >= 0.6 is 0 Å². The molecule has 0 spiro atoms. The highest BCUT2D eigenvalue weighted by molar-refractivity contribution is 5.69. The van der Waals surface area contributed by atoms with E-state index in [0.717, 1.165) is 50.7 Å². The lowest BCUT2D eigenvalue weighted by molar-refractivity contribution is -0.140. The van der Waals surface area contributed by atoms with E-state index in [1.165, 1.54) is 7.11 Å². The van der Waals surface area contributed by atoms with Crippen molar-refractivity contribution in [3.63, 3.8) is 0 Å². The average Bonchev–Trinajstić information content (AvgIpc) is 3.13. The van der Waals surface area contributed by atoms with Crippen LogP contribution in [-0.2, 0) is 14.3 Å². The Labute approximate surface area is 157 Å². The van der Waals surface area contributed by atoms with Gasteiger partial charge in [0.2, 0.25) is 0 Å². The quantitative estimate of drug-likeness (QED) is 0.352. The van der Waals surface area contributed by atoms with Crippen LogP contribution in [0.1, 0.15) is 64.7 Å². The van der Waals surface area contributed by atoms with Crippen molar-refractivity contribution < 1.29 is 24.5 Å². The van der Waals surface area contributed by atoms with Gasteiger partial charge in [-0.15, -0.1) is 0 Å². The first-order chi connectivity index (χ1) is 12.5. The van der Waals surface area contributed by atoms with E-state index in [4.69, 9.17) is 4.74 Å². The summed E-state index contributed by atoms with van der Waals surface area (Å²) in [5.74, 6) is 1.11. The van der Waals surface area contributed by atoms with Gasteiger partial charge in [-0.2, -0.15) is 0 Å². The molecule has 1 aliphatic carbocycles. The number of hydrogen-bond acceptors (Lipinski definition) is 5. The van der Waals surface area contributed by atoms with Crippen molar-refractivity contribution in [2.24, 2.45) is 11.8 Å². The smallest absolute Gasteiger partial charge is 0.305 e. The minimum atomic E-state index is -0.427. The molecule has 0 aromatic rings. The predicted molar refractivity (Wildman–Crippen MR) is 100 cm³/mol. The summed E-state index contributed by atoms with van der Waals surface area (Å²) >= 11 is 0. The fourth-order valence-corrected chi connectivity index (χ4v) is 3.95. The molecule has 2 aliphatic rings. The van der Waals surface area contributed by atoms with Crippen LogP contribution in [-0.4, -0.2) is 41.6 Å². The molecule has 0 aromatic heterocycles. The zero-order chi connectivity index (χ0) is 18.9. The van der Waals surface area contributed by atoms with Crippen LogP contribution in [0, 0.1) is 11.8 Å². The molecule has 0 radical (unpaired) electrons. The van der Waals surface area contributed by atoms with Crippen molar-refractivity contribution in [3.8, 4) is 0 Å². The van der Waals surface area contributed by atoms with Crippen LogP contribution in [0.3, 0.4) is 0 Å². The lowest BCUT2D eigenvalue weighted by Crippen LogP contribution is -2.18. The molecule has 1 aliphatic heterocycles. The van der Waals surface area contributed by atoms with E-state index in [1.54, 1.807) is 0 Å². The van der Waals surface area contributed by atoms with Crippen molar-refractivity contribution in [1.29, 1.82) is 0 Å². The minimum absolute atomic E-state index is 0.0433. The van der Waals surface area contributed by atoms with Crippen molar-refractivity contribution in [2.75, 3.05) is 7.11 Å². The zero-order valence-electron chi connectivity index (χ0n) is 16.1.